The number of nitrogens with zero attached hydrogens (tertiary/aromatic N) is 1. The Kier molecular flexibility index (Phi) is 4.13. The van der Waals surface area contributed by atoms with Gasteiger partial charge in [0, 0.05) is 18.8 Å². The SMILES string of the molecule is C=C(CN1CCC2(CCC(C)C2)CC1)NCC. The lowest BCUT2D eigenvalue weighted by Gasteiger charge is -2.39. The van der Waals surface area contributed by atoms with E-state index in [9.17, 15) is 0 Å². The summed E-state index contributed by atoms with van der Waals surface area (Å²) in [5, 5.41) is 3.32. The molecule has 2 aliphatic rings. The van der Waals surface area contributed by atoms with Crippen LogP contribution < -0.4 is 5.32 Å². The first-order chi connectivity index (χ1) is 8.13. The molecule has 17 heavy (non-hydrogen) atoms. The zero-order valence-electron chi connectivity index (χ0n) is 11.6. The van der Waals surface area contributed by atoms with E-state index in [4.69, 9.17) is 0 Å². The fourth-order valence-corrected chi connectivity index (χ4v) is 3.71. The second kappa shape index (κ2) is 5.43. The molecule has 0 radical (unpaired) electrons. The van der Waals surface area contributed by atoms with Crippen LogP contribution in [0.15, 0.2) is 12.3 Å². The average Bonchev–Trinajstić information content (AvgIpc) is 2.65. The van der Waals surface area contributed by atoms with E-state index in [1.54, 1.807) is 0 Å². The fraction of sp³-hybridized carbons (Fsp3) is 0.867. The van der Waals surface area contributed by atoms with E-state index in [0.29, 0.717) is 0 Å². The van der Waals surface area contributed by atoms with Gasteiger partial charge in [-0.05, 0) is 57.0 Å². The highest BCUT2D eigenvalue weighted by Crippen LogP contribution is 2.48. The van der Waals surface area contributed by atoms with Crippen LogP contribution in [0.25, 0.3) is 0 Å². The van der Waals surface area contributed by atoms with Crippen molar-refractivity contribution in [2.45, 2.75) is 46.0 Å². The summed E-state index contributed by atoms with van der Waals surface area (Å²) >= 11 is 0. The lowest BCUT2D eigenvalue weighted by Crippen LogP contribution is -2.41. The van der Waals surface area contributed by atoms with Crippen LogP contribution in [-0.4, -0.2) is 31.1 Å². The second-order valence-electron chi connectivity index (χ2n) is 6.26. The Balaban J connectivity index is 1.76. The molecule has 1 aliphatic heterocycles. The molecule has 0 aromatic rings. The molecule has 1 aliphatic carbocycles. The highest BCUT2D eigenvalue weighted by molar-refractivity contribution is 4.98. The Hall–Kier alpha value is -0.500. The molecule has 0 amide bonds. The van der Waals surface area contributed by atoms with Crippen molar-refractivity contribution in [3.8, 4) is 0 Å². The Morgan fingerprint density at radius 3 is 2.59 bits per heavy atom. The molecule has 1 saturated heterocycles. The fourth-order valence-electron chi connectivity index (χ4n) is 3.71. The summed E-state index contributed by atoms with van der Waals surface area (Å²) in [6.07, 6.45) is 7.25. The molecule has 0 aromatic heterocycles. The van der Waals surface area contributed by atoms with Gasteiger partial charge in [-0.2, -0.15) is 0 Å². The van der Waals surface area contributed by atoms with Crippen LogP contribution in [0.2, 0.25) is 0 Å². The number of nitrogens with one attached hydrogen (secondary N) is 1. The standard InChI is InChI=1S/C15H28N2/c1-4-16-14(3)12-17-9-7-15(8-10-17)6-5-13(2)11-15/h13,16H,3-12H2,1-2H3. The second-order valence-corrected chi connectivity index (χ2v) is 6.26. The third kappa shape index (κ3) is 3.25. The van der Waals surface area contributed by atoms with Gasteiger partial charge in [-0.15, -0.1) is 0 Å². The minimum Gasteiger partial charge on any atom is -0.388 e. The first-order valence-electron chi connectivity index (χ1n) is 7.27. The highest BCUT2D eigenvalue weighted by Gasteiger charge is 2.39. The van der Waals surface area contributed by atoms with E-state index in [1.807, 2.05) is 0 Å². The topological polar surface area (TPSA) is 15.3 Å². The molecule has 0 aromatic carbocycles. The summed E-state index contributed by atoms with van der Waals surface area (Å²) in [5.74, 6) is 0.971. The van der Waals surface area contributed by atoms with Gasteiger partial charge in [0.2, 0.25) is 0 Å². The van der Waals surface area contributed by atoms with E-state index >= 15 is 0 Å². The molecule has 0 bridgehead atoms. The largest absolute Gasteiger partial charge is 0.388 e. The molecular formula is C15H28N2. The molecule has 2 nitrogen and oxygen atoms in total. The normalized spacial score (nSPS) is 28.5. The van der Waals surface area contributed by atoms with E-state index in [0.717, 1.165) is 24.4 Å². The summed E-state index contributed by atoms with van der Waals surface area (Å²) in [5.41, 5.74) is 1.90. The zero-order chi connectivity index (χ0) is 12.3. The van der Waals surface area contributed by atoms with Gasteiger partial charge in [-0.3, -0.25) is 4.90 Å². The smallest absolute Gasteiger partial charge is 0.0375 e. The molecule has 1 N–H and O–H groups in total. The van der Waals surface area contributed by atoms with Crippen molar-refractivity contribution in [1.82, 2.24) is 10.2 Å². The van der Waals surface area contributed by atoms with E-state index in [2.05, 4.69) is 30.6 Å². The quantitative estimate of drug-likeness (QED) is 0.807. The number of hydrogen-bond acceptors (Lipinski definition) is 2. The van der Waals surface area contributed by atoms with Crippen LogP contribution in [0.3, 0.4) is 0 Å². The number of piperidine rings is 1. The Labute approximate surface area is 106 Å². The maximum absolute atomic E-state index is 4.09. The van der Waals surface area contributed by atoms with Gasteiger partial charge in [0.1, 0.15) is 0 Å². The summed E-state index contributed by atoms with van der Waals surface area (Å²) < 4.78 is 0. The van der Waals surface area contributed by atoms with E-state index < -0.39 is 0 Å². The Morgan fingerprint density at radius 2 is 2.06 bits per heavy atom. The van der Waals surface area contributed by atoms with Crippen LogP contribution in [0.5, 0.6) is 0 Å². The molecule has 1 heterocycles. The van der Waals surface area contributed by atoms with Crippen LogP contribution in [-0.2, 0) is 0 Å². The van der Waals surface area contributed by atoms with Crippen molar-refractivity contribution in [1.29, 1.82) is 0 Å². The third-order valence-corrected chi connectivity index (χ3v) is 4.71. The minimum atomic E-state index is 0.718. The number of likely N-dealkylation sites (N-methyl/N-ethyl adjacent to an activating group) is 1. The third-order valence-electron chi connectivity index (χ3n) is 4.71. The summed E-state index contributed by atoms with van der Waals surface area (Å²) in [6.45, 7) is 13.2. The number of hydrogen-bond donors (Lipinski definition) is 1. The predicted octanol–water partition coefficient (Wildman–Crippen LogP) is 3.01. The lowest BCUT2D eigenvalue weighted by atomic mass is 9.76. The van der Waals surface area contributed by atoms with Crippen LogP contribution in [0, 0.1) is 11.3 Å². The first kappa shape index (κ1) is 12.9. The van der Waals surface area contributed by atoms with Gasteiger partial charge >= 0.3 is 0 Å². The van der Waals surface area contributed by atoms with Gasteiger partial charge in [0.15, 0.2) is 0 Å². The van der Waals surface area contributed by atoms with E-state index in [-0.39, 0.29) is 0 Å². The van der Waals surface area contributed by atoms with Crippen molar-refractivity contribution >= 4 is 0 Å². The van der Waals surface area contributed by atoms with Crippen LogP contribution >= 0.6 is 0 Å². The zero-order valence-corrected chi connectivity index (χ0v) is 11.6. The van der Waals surface area contributed by atoms with Gasteiger partial charge in [0.25, 0.3) is 0 Å². The number of rotatable bonds is 4. The molecule has 2 rings (SSSR count). The van der Waals surface area contributed by atoms with E-state index in [1.165, 1.54) is 50.9 Å². The van der Waals surface area contributed by atoms with Crippen molar-refractivity contribution in [2.75, 3.05) is 26.2 Å². The first-order valence-corrected chi connectivity index (χ1v) is 7.27. The van der Waals surface area contributed by atoms with Crippen molar-refractivity contribution in [3.05, 3.63) is 12.3 Å². The maximum Gasteiger partial charge on any atom is 0.0375 e. The Bertz CT molecular complexity index is 264. The molecule has 1 atom stereocenters. The van der Waals surface area contributed by atoms with Crippen molar-refractivity contribution in [2.24, 2.45) is 11.3 Å². The highest BCUT2D eigenvalue weighted by atomic mass is 15.1. The molecule has 98 valence electrons. The summed E-state index contributed by atoms with van der Waals surface area (Å²) in [4.78, 5) is 2.57. The van der Waals surface area contributed by atoms with Gasteiger partial charge in [-0.25, -0.2) is 0 Å². The minimum absolute atomic E-state index is 0.718. The van der Waals surface area contributed by atoms with Crippen molar-refractivity contribution in [3.63, 3.8) is 0 Å². The van der Waals surface area contributed by atoms with Crippen molar-refractivity contribution < 1.29 is 0 Å². The Morgan fingerprint density at radius 1 is 1.35 bits per heavy atom. The summed E-state index contributed by atoms with van der Waals surface area (Å²) in [7, 11) is 0. The maximum atomic E-state index is 4.09. The molecule has 2 heteroatoms. The monoisotopic (exact) mass is 236 g/mol. The molecule has 1 saturated carbocycles. The molecule has 1 spiro atoms. The lowest BCUT2D eigenvalue weighted by molar-refractivity contribution is 0.111. The molecule has 1 unspecified atom stereocenters. The van der Waals surface area contributed by atoms with Crippen LogP contribution in [0.1, 0.15) is 46.0 Å². The predicted molar refractivity (Wildman–Crippen MR) is 73.9 cm³/mol. The summed E-state index contributed by atoms with van der Waals surface area (Å²) in [6, 6.07) is 0. The van der Waals surface area contributed by atoms with Gasteiger partial charge in [0.05, 0.1) is 0 Å². The van der Waals surface area contributed by atoms with Crippen LogP contribution in [0.4, 0.5) is 0 Å². The average molecular weight is 236 g/mol. The number of likely N-dealkylation sites (tertiary alicyclic amines) is 1. The van der Waals surface area contributed by atoms with Gasteiger partial charge < -0.3 is 5.32 Å². The molecular weight excluding hydrogens is 208 g/mol. The molecule has 2 fully saturated rings. The van der Waals surface area contributed by atoms with Gasteiger partial charge in [-0.1, -0.05) is 19.9 Å².